The molecule has 1 fully saturated rings. The van der Waals surface area contributed by atoms with Crippen molar-refractivity contribution in [2.75, 3.05) is 20.1 Å². The van der Waals surface area contributed by atoms with Crippen LogP contribution < -0.4 is 5.56 Å². The van der Waals surface area contributed by atoms with Crippen LogP contribution in [0.3, 0.4) is 0 Å². The lowest BCUT2D eigenvalue weighted by Crippen LogP contribution is -2.42. The predicted octanol–water partition coefficient (Wildman–Crippen LogP) is 1.14. The Bertz CT molecular complexity index is 853. The summed E-state index contributed by atoms with van der Waals surface area (Å²) in [7, 11) is 1.72. The molecule has 0 saturated carbocycles. The van der Waals surface area contributed by atoms with Gasteiger partial charge in [-0.3, -0.25) is 14.4 Å². The molecule has 132 valence electrons. The number of aromatic amines is 1. The van der Waals surface area contributed by atoms with Crippen molar-refractivity contribution in [3.05, 3.63) is 40.4 Å². The fourth-order valence-electron chi connectivity index (χ4n) is 3.27. The minimum atomic E-state index is -0.198. The Morgan fingerprint density at radius 2 is 1.96 bits per heavy atom. The molecule has 0 unspecified atom stereocenters. The van der Waals surface area contributed by atoms with Crippen molar-refractivity contribution >= 4 is 22.7 Å². The number of piperidine rings is 1. The molecule has 7 heteroatoms. The Balaban J connectivity index is 1.68. The molecule has 0 radical (unpaired) electrons. The van der Waals surface area contributed by atoms with Crippen molar-refractivity contribution in [1.82, 2.24) is 19.8 Å². The summed E-state index contributed by atoms with van der Waals surface area (Å²) in [6.45, 7) is 3.04. The summed E-state index contributed by atoms with van der Waals surface area (Å²) < 4.78 is 0. The maximum atomic E-state index is 12.6. The lowest BCUT2D eigenvalue weighted by Gasteiger charge is -2.32. The number of fused-ring (bicyclic) bond motifs is 1. The summed E-state index contributed by atoms with van der Waals surface area (Å²) >= 11 is 0. The molecule has 1 saturated heterocycles. The summed E-state index contributed by atoms with van der Waals surface area (Å²) in [5.41, 5.74) is 0.424. The van der Waals surface area contributed by atoms with Gasteiger partial charge in [-0.1, -0.05) is 12.1 Å². The van der Waals surface area contributed by atoms with Gasteiger partial charge < -0.3 is 14.8 Å². The topological polar surface area (TPSA) is 86.4 Å². The van der Waals surface area contributed by atoms with Crippen LogP contribution in [0.4, 0.5) is 0 Å². The number of hydrogen-bond donors (Lipinski definition) is 1. The normalized spacial score (nSPS) is 15.4. The van der Waals surface area contributed by atoms with Crippen molar-refractivity contribution in [2.24, 2.45) is 5.92 Å². The maximum absolute atomic E-state index is 12.6. The number of carbonyl (C=O) groups is 2. The molecule has 1 aromatic heterocycles. The molecule has 2 heterocycles. The number of likely N-dealkylation sites (tertiary alicyclic amines) is 1. The van der Waals surface area contributed by atoms with Gasteiger partial charge in [-0.05, 0) is 25.0 Å². The molecule has 0 bridgehead atoms. The monoisotopic (exact) mass is 342 g/mol. The number of benzene rings is 1. The van der Waals surface area contributed by atoms with E-state index in [0.29, 0.717) is 42.7 Å². The van der Waals surface area contributed by atoms with Crippen LogP contribution in [0.25, 0.3) is 10.9 Å². The largest absolute Gasteiger partial charge is 0.343 e. The number of nitrogens with one attached hydrogen (secondary N) is 1. The van der Waals surface area contributed by atoms with E-state index in [4.69, 9.17) is 0 Å². The van der Waals surface area contributed by atoms with Crippen LogP contribution in [0.1, 0.15) is 25.6 Å². The molecule has 3 rings (SSSR count). The highest BCUT2D eigenvalue weighted by atomic mass is 16.2. The van der Waals surface area contributed by atoms with Crippen LogP contribution in [0.15, 0.2) is 29.1 Å². The van der Waals surface area contributed by atoms with Crippen molar-refractivity contribution in [1.29, 1.82) is 0 Å². The van der Waals surface area contributed by atoms with E-state index in [2.05, 4.69) is 9.97 Å². The number of aromatic nitrogens is 2. The van der Waals surface area contributed by atoms with E-state index < -0.39 is 0 Å². The number of rotatable bonds is 3. The summed E-state index contributed by atoms with van der Waals surface area (Å²) in [5.74, 6) is 0.463. The highest BCUT2D eigenvalue weighted by molar-refractivity contribution is 5.80. The zero-order valence-electron chi connectivity index (χ0n) is 14.5. The second-order valence-electron chi connectivity index (χ2n) is 6.50. The smallest absolute Gasteiger partial charge is 0.258 e. The first-order valence-electron chi connectivity index (χ1n) is 8.44. The van der Waals surface area contributed by atoms with Gasteiger partial charge in [0.15, 0.2) is 0 Å². The SMILES string of the molecule is CC(=O)N1CCC(C(=O)N(C)Cc2nc3ccccc3c(=O)[nH]2)CC1. The van der Waals surface area contributed by atoms with Gasteiger partial charge in [-0.2, -0.15) is 0 Å². The zero-order valence-corrected chi connectivity index (χ0v) is 14.5. The third-order valence-corrected chi connectivity index (χ3v) is 4.71. The first kappa shape index (κ1) is 17.1. The number of H-pyrrole nitrogens is 1. The number of nitrogens with zero attached hydrogens (tertiary/aromatic N) is 3. The van der Waals surface area contributed by atoms with E-state index in [9.17, 15) is 14.4 Å². The van der Waals surface area contributed by atoms with E-state index in [1.54, 1.807) is 42.0 Å². The average molecular weight is 342 g/mol. The lowest BCUT2D eigenvalue weighted by atomic mass is 9.95. The van der Waals surface area contributed by atoms with Crippen LogP contribution in [-0.2, 0) is 16.1 Å². The third-order valence-electron chi connectivity index (χ3n) is 4.71. The Morgan fingerprint density at radius 3 is 2.64 bits per heavy atom. The highest BCUT2D eigenvalue weighted by Gasteiger charge is 2.28. The van der Waals surface area contributed by atoms with Crippen LogP contribution in [0.2, 0.25) is 0 Å². The summed E-state index contributed by atoms with van der Waals surface area (Å²) in [6, 6.07) is 7.13. The van der Waals surface area contributed by atoms with Crippen molar-refractivity contribution < 1.29 is 9.59 Å². The molecular formula is C18H22N4O3. The van der Waals surface area contributed by atoms with Crippen LogP contribution >= 0.6 is 0 Å². The molecule has 2 aromatic rings. The fraction of sp³-hybridized carbons (Fsp3) is 0.444. The third kappa shape index (κ3) is 3.70. The number of para-hydroxylation sites is 1. The molecule has 25 heavy (non-hydrogen) atoms. The second kappa shape index (κ2) is 7.04. The summed E-state index contributed by atoms with van der Waals surface area (Å²) in [4.78, 5) is 46.7. The van der Waals surface area contributed by atoms with Crippen molar-refractivity contribution in [2.45, 2.75) is 26.3 Å². The van der Waals surface area contributed by atoms with Gasteiger partial charge in [-0.25, -0.2) is 4.98 Å². The Kier molecular flexibility index (Phi) is 4.83. The highest BCUT2D eigenvalue weighted by Crippen LogP contribution is 2.20. The minimum absolute atomic E-state index is 0.0269. The Labute approximate surface area is 145 Å². The average Bonchev–Trinajstić information content (AvgIpc) is 2.61. The zero-order chi connectivity index (χ0) is 18.0. The predicted molar refractivity (Wildman–Crippen MR) is 93.8 cm³/mol. The van der Waals surface area contributed by atoms with E-state index in [1.807, 2.05) is 6.07 Å². The molecule has 7 nitrogen and oxygen atoms in total. The molecule has 1 aliphatic rings. The quantitative estimate of drug-likeness (QED) is 0.906. The van der Waals surface area contributed by atoms with Crippen molar-refractivity contribution in [3.63, 3.8) is 0 Å². The molecular weight excluding hydrogens is 320 g/mol. The first-order chi connectivity index (χ1) is 12.0. The molecule has 1 N–H and O–H groups in total. The van der Waals surface area contributed by atoms with Gasteiger partial charge in [-0.15, -0.1) is 0 Å². The number of carbonyl (C=O) groups excluding carboxylic acids is 2. The van der Waals surface area contributed by atoms with Gasteiger partial charge in [0.25, 0.3) is 5.56 Å². The minimum Gasteiger partial charge on any atom is -0.343 e. The first-order valence-corrected chi connectivity index (χ1v) is 8.44. The molecule has 0 spiro atoms. The van der Waals surface area contributed by atoms with Gasteiger partial charge in [0.2, 0.25) is 11.8 Å². The number of hydrogen-bond acceptors (Lipinski definition) is 4. The van der Waals surface area contributed by atoms with Crippen LogP contribution in [-0.4, -0.2) is 51.7 Å². The van der Waals surface area contributed by atoms with Gasteiger partial charge >= 0.3 is 0 Å². The van der Waals surface area contributed by atoms with E-state index in [-0.39, 0.29) is 29.8 Å². The Hall–Kier alpha value is -2.70. The molecule has 1 aliphatic heterocycles. The fourth-order valence-corrected chi connectivity index (χ4v) is 3.27. The van der Waals surface area contributed by atoms with E-state index in [1.165, 1.54) is 0 Å². The molecule has 2 amide bonds. The second-order valence-corrected chi connectivity index (χ2v) is 6.50. The van der Waals surface area contributed by atoms with E-state index in [0.717, 1.165) is 0 Å². The van der Waals surface area contributed by atoms with Gasteiger partial charge in [0.05, 0.1) is 17.4 Å². The van der Waals surface area contributed by atoms with Gasteiger partial charge in [0.1, 0.15) is 5.82 Å². The Morgan fingerprint density at radius 1 is 1.28 bits per heavy atom. The van der Waals surface area contributed by atoms with Crippen LogP contribution in [0, 0.1) is 5.92 Å². The molecule has 0 aliphatic carbocycles. The summed E-state index contributed by atoms with van der Waals surface area (Å²) in [5, 5.41) is 0.539. The van der Waals surface area contributed by atoms with Crippen molar-refractivity contribution in [3.8, 4) is 0 Å². The lowest BCUT2D eigenvalue weighted by molar-refractivity contribution is -0.139. The summed E-state index contributed by atoms with van der Waals surface area (Å²) in [6.07, 6.45) is 1.34. The number of amides is 2. The standard InChI is InChI=1S/C18H22N4O3/c1-12(23)22-9-7-13(8-10-22)18(25)21(2)11-16-19-15-6-4-3-5-14(15)17(24)20-16/h3-6,13H,7-11H2,1-2H3,(H,19,20,24). The maximum Gasteiger partial charge on any atom is 0.258 e. The van der Waals surface area contributed by atoms with Gasteiger partial charge in [0, 0.05) is 33.0 Å². The van der Waals surface area contributed by atoms with E-state index >= 15 is 0 Å². The molecule has 0 atom stereocenters. The molecule has 1 aromatic carbocycles. The van der Waals surface area contributed by atoms with Crippen LogP contribution in [0.5, 0.6) is 0 Å².